The Morgan fingerprint density at radius 2 is 1.69 bits per heavy atom. The summed E-state index contributed by atoms with van der Waals surface area (Å²) >= 11 is 1.50. The third-order valence-electron chi connectivity index (χ3n) is 10.1. The van der Waals surface area contributed by atoms with Gasteiger partial charge in [-0.25, -0.2) is 18.4 Å². The number of para-hydroxylation sites is 2. The van der Waals surface area contributed by atoms with Crippen LogP contribution in [0.4, 0.5) is 0 Å². The van der Waals surface area contributed by atoms with Crippen LogP contribution in [-0.4, -0.2) is 70.5 Å². The standard InChI is InChI=1S/C36H35N5O6S2/c1-2-22-20-36(22,33(43)40-49(45,46)25-14-15-25)39-31(42)28-19-24(21-41(28)34(44)35(16-17-35)23-9-4-3-5-10-23)47-32-30(29-13-8-18-48-29)37-26-11-6-7-12-27(26)38-32/h2-13,18,22,24-25,28H,1,14-17,19-21H2,(H,39,42)(H,40,43)/t22-,24-,28+,36-/m1/s1. The van der Waals surface area contributed by atoms with Crippen LogP contribution in [0.2, 0.25) is 0 Å². The van der Waals surface area contributed by atoms with Gasteiger partial charge in [0, 0.05) is 12.3 Å². The number of carbonyl (C=O) groups is 3. The van der Waals surface area contributed by atoms with Crippen LogP contribution in [-0.2, 0) is 29.8 Å². The number of nitrogens with one attached hydrogen (secondary N) is 2. The van der Waals surface area contributed by atoms with Gasteiger partial charge in [0.25, 0.3) is 5.91 Å². The molecule has 49 heavy (non-hydrogen) atoms. The van der Waals surface area contributed by atoms with Crippen LogP contribution in [0.5, 0.6) is 5.88 Å². The van der Waals surface area contributed by atoms with Gasteiger partial charge >= 0.3 is 0 Å². The molecule has 252 valence electrons. The molecule has 11 nitrogen and oxygen atoms in total. The maximum Gasteiger partial charge on any atom is 0.259 e. The number of ether oxygens (including phenoxy) is 1. The second-order valence-electron chi connectivity index (χ2n) is 13.4. The number of thiophene rings is 1. The van der Waals surface area contributed by atoms with Gasteiger partial charge in [-0.1, -0.05) is 54.6 Å². The van der Waals surface area contributed by atoms with E-state index in [0.29, 0.717) is 48.3 Å². The average Bonchev–Trinajstić information content (AvgIpc) is 4.06. The van der Waals surface area contributed by atoms with E-state index in [-0.39, 0.29) is 25.3 Å². The Hall–Kier alpha value is -4.62. The molecule has 2 aromatic carbocycles. The van der Waals surface area contributed by atoms with Gasteiger partial charge in [0.2, 0.25) is 27.7 Å². The van der Waals surface area contributed by atoms with Crippen LogP contribution in [0.3, 0.4) is 0 Å². The summed E-state index contributed by atoms with van der Waals surface area (Å²) < 4.78 is 34.1. The second-order valence-corrected chi connectivity index (χ2v) is 16.3. The number of benzene rings is 2. The van der Waals surface area contributed by atoms with E-state index in [1.807, 2.05) is 72.1 Å². The number of aromatic nitrogens is 2. The maximum absolute atomic E-state index is 14.5. The highest BCUT2D eigenvalue weighted by atomic mass is 32.2. The minimum atomic E-state index is -3.85. The number of hydrogen-bond acceptors (Lipinski definition) is 9. The molecule has 4 aromatic rings. The quantitative estimate of drug-likeness (QED) is 0.223. The van der Waals surface area contributed by atoms with E-state index in [1.165, 1.54) is 11.3 Å². The summed E-state index contributed by atoms with van der Waals surface area (Å²) in [6.07, 6.45) is 3.56. The first-order chi connectivity index (χ1) is 23.6. The molecule has 8 rings (SSSR count). The summed E-state index contributed by atoms with van der Waals surface area (Å²) in [6.45, 7) is 3.91. The van der Waals surface area contributed by atoms with Gasteiger partial charge in [-0.05, 0) is 61.2 Å². The average molecular weight is 698 g/mol. The van der Waals surface area contributed by atoms with Gasteiger partial charge < -0.3 is 15.0 Å². The molecule has 0 unspecified atom stereocenters. The van der Waals surface area contributed by atoms with Gasteiger partial charge in [-0.2, -0.15) is 0 Å². The zero-order valence-electron chi connectivity index (χ0n) is 26.6. The van der Waals surface area contributed by atoms with Crippen molar-refractivity contribution in [3.05, 3.63) is 90.3 Å². The lowest BCUT2D eigenvalue weighted by Gasteiger charge is -2.29. The van der Waals surface area contributed by atoms with E-state index < -0.39 is 56.1 Å². The highest BCUT2D eigenvalue weighted by molar-refractivity contribution is 7.91. The van der Waals surface area contributed by atoms with E-state index in [0.717, 1.165) is 10.4 Å². The van der Waals surface area contributed by atoms with Gasteiger partial charge in [0.15, 0.2) is 0 Å². The number of rotatable bonds is 11. The Morgan fingerprint density at radius 3 is 2.33 bits per heavy atom. The van der Waals surface area contributed by atoms with Crippen molar-refractivity contribution < 1.29 is 27.5 Å². The smallest absolute Gasteiger partial charge is 0.259 e. The number of carbonyl (C=O) groups excluding carboxylic acids is 3. The summed E-state index contributed by atoms with van der Waals surface area (Å²) in [5.41, 5.74) is 0.598. The third kappa shape index (κ3) is 5.68. The SMILES string of the molecule is C=C[C@@H]1C[C@]1(NC(=O)[C@@H]1C[C@@H](Oc2nc3ccccc3nc2-c2cccs2)CN1C(=O)C1(c2ccccc2)CC1)C(=O)NS(=O)(=O)C1CC1. The fourth-order valence-corrected chi connectivity index (χ4v) is 9.03. The second kappa shape index (κ2) is 11.8. The Labute approximate surface area is 287 Å². The van der Waals surface area contributed by atoms with E-state index in [9.17, 15) is 22.8 Å². The molecule has 1 aliphatic heterocycles. The molecule has 4 atom stereocenters. The molecule has 2 aromatic heterocycles. The molecular formula is C36H35N5O6S2. The number of likely N-dealkylation sites (tertiary alicyclic amines) is 1. The van der Waals surface area contributed by atoms with Gasteiger partial charge in [0.05, 0.1) is 33.1 Å². The van der Waals surface area contributed by atoms with Crippen LogP contribution in [0.1, 0.15) is 44.1 Å². The fourth-order valence-electron chi connectivity index (χ4n) is 6.96. The molecule has 0 bridgehead atoms. The highest BCUT2D eigenvalue weighted by Gasteiger charge is 2.63. The molecule has 4 fully saturated rings. The van der Waals surface area contributed by atoms with Crippen molar-refractivity contribution in [2.24, 2.45) is 5.92 Å². The Kier molecular flexibility index (Phi) is 7.60. The maximum atomic E-state index is 14.5. The van der Waals surface area contributed by atoms with E-state index >= 15 is 0 Å². The predicted octanol–water partition coefficient (Wildman–Crippen LogP) is 4.11. The first kappa shape index (κ1) is 31.6. The lowest BCUT2D eigenvalue weighted by atomic mass is 9.94. The first-order valence-electron chi connectivity index (χ1n) is 16.5. The van der Waals surface area contributed by atoms with E-state index in [1.54, 1.807) is 11.0 Å². The van der Waals surface area contributed by atoms with Crippen molar-refractivity contribution in [3.8, 4) is 16.5 Å². The molecule has 0 radical (unpaired) electrons. The van der Waals surface area contributed by atoms with Crippen molar-refractivity contribution in [2.45, 2.75) is 66.9 Å². The van der Waals surface area contributed by atoms with E-state index in [2.05, 4.69) is 16.6 Å². The summed E-state index contributed by atoms with van der Waals surface area (Å²) in [5.74, 6) is -1.66. The monoisotopic (exact) mass is 697 g/mol. The minimum absolute atomic E-state index is 0.115. The highest BCUT2D eigenvalue weighted by Crippen LogP contribution is 2.51. The van der Waals surface area contributed by atoms with Gasteiger partial charge in [-0.3, -0.25) is 19.1 Å². The molecule has 3 saturated carbocycles. The molecule has 2 N–H and O–H groups in total. The molecule has 13 heteroatoms. The number of sulfonamides is 1. The van der Waals surface area contributed by atoms with Crippen LogP contribution in [0.25, 0.3) is 21.6 Å². The van der Waals surface area contributed by atoms with Crippen molar-refractivity contribution in [2.75, 3.05) is 6.54 Å². The molecule has 0 spiro atoms. The van der Waals surface area contributed by atoms with Crippen LogP contribution < -0.4 is 14.8 Å². The fraction of sp³-hybridized carbons (Fsp3) is 0.361. The van der Waals surface area contributed by atoms with Crippen LogP contribution in [0, 0.1) is 5.92 Å². The molecular weight excluding hydrogens is 663 g/mol. The lowest BCUT2D eigenvalue weighted by Crippen LogP contribution is -2.57. The summed E-state index contributed by atoms with van der Waals surface area (Å²) in [6, 6.07) is 19.9. The largest absolute Gasteiger partial charge is 0.471 e. The number of hydrogen-bond donors (Lipinski definition) is 2. The molecule has 3 aliphatic carbocycles. The molecule has 1 saturated heterocycles. The number of fused-ring (bicyclic) bond motifs is 1. The molecule has 4 aliphatic rings. The topological polar surface area (TPSA) is 148 Å². The number of nitrogens with zero attached hydrogens (tertiary/aromatic N) is 3. The van der Waals surface area contributed by atoms with E-state index in [4.69, 9.17) is 14.7 Å². The zero-order valence-corrected chi connectivity index (χ0v) is 28.2. The Morgan fingerprint density at radius 1 is 0.980 bits per heavy atom. The Bertz CT molecular complexity index is 2080. The molecule has 3 heterocycles. The minimum Gasteiger partial charge on any atom is -0.471 e. The van der Waals surface area contributed by atoms with Crippen molar-refractivity contribution in [1.82, 2.24) is 24.9 Å². The summed E-state index contributed by atoms with van der Waals surface area (Å²) in [4.78, 5) is 54.3. The van der Waals surface area contributed by atoms with Crippen molar-refractivity contribution in [3.63, 3.8) is 0 Å². The van der Waals surface area contributed by atoms with Crippen molar-refractivity contribution >= 4 is 50.1 Å². The van der Waals surface area contributed by atoms with Crippen LogP contribution >= 0.6 is 11.3 Å². The van der Waals surface area contributed by atoms with Crippen molar-refractivity contribution in [1.29, 1.82) is 0 Å². The van der Waals surface area contributed by atoms with Gasteiger partial charge in [0.1, 0.15) is 23.4 Å². The lowest BCUT2D eigenvalue weighted by molar-refractivity contribution is -0.141. The third-order valence-corrected chi connectivity index (χ3v) is 12.8. The Balaban J connectivity index is 1.10. The summed E-state index contributed by atoms with van der Waals surface area (Å²) in [5, 5.41) is 4.21. The normalized spacial score (nSPS) is 25.4. The number of amides is 3. The summed E-state index contributed by atoms with van der Waals surface area (Å²) in [7, 11) is -3.85. The molecule has 3 amide bonds. The first-order valence-corrected chi connectivity index (χ1v) is 18.9. The zero-order chi connectivity index (χ0) is 34.0. The van der Waals surface area contributed by atoms with Crippen LogP contribution in [0.15, 0.2) is 84.8 Å². The van der Waals surface area contributed by atoms with Gasteiger partial charge in [-0.15, -0.1) is 17.9 Å². The predicted molar refractivity (Wildman–Crippen MR) is 184 cm³/mol.